The number of aliphatic imine (C=N–C) groups is 1. The first-order valence-corrected chi connectivity index (χ1v) is 9.97. The van der Waals surface area contributed by atoms with Crippen molar-refractivity contribution < 1.29 is 8.42 Å². The Balaban J connectivity index is 1.70. The van der Waals surface area contributed by atoms with Crippen LogP contribution in [0, 0.1) is 0 Å². The predicted molar refractivity (Wildman–Crippen MR) is 93.5 cm³/mol. The molecule has 23 heavy (non-hydrogen) atoms. The van der Waals surface area contributed by atoms with Gasteiger partial charge in [-0.15, -0.1) is 0 Å². The van der Waals surface area contributed by atoms with Gasteiger partial charge in [0.15, 0.2) is 15.8 Å². The van der Waals surface area contributed by atoms with Crippen LogP contribution in [-0.4, -0.2) is 74.6 Å². The van der Waals surface area contributed by atoms with E-state index >= 15 is 0 Å². The minimum absolute atomic E-state index is 0.270. The normalized spacial score (nSPS) is 18.7. The molecule has 0 aromatic carbocycles. The summed E-state index contributed by atoms with van der Waals surface area (Å²) in [7, 11) is -2.80. The third-order valence-electron chi connectivity index (χ3n) is 3.80. The molecular weight excluding hydrogens is 314 g/mol. The van der Waals surface area contributed by atoms with E-state index in [1.165, 1.54) is 0 Å². The molecule has 2 N–H and O–H groups in total. The Morgan fingerprint density at radius 2 is 1.83 bits per heavy atom. The highest BCUT2D eigenvalue weighted by atomic mass is 32.2. The molecule has 1 aliphatic heterocycles. The van der Waals surface area contributed by atoms with Gasteiger partial charge in [-0.3, -0.25) is 9.89 Å². The number of sulfone groups is 1. The highest BCUT2D eigenvalue weighted by Crippen LogP contribution is 2.02. The summed E-state index contributed by atoms with van der Waals surface area (Å²) in [5.74, 6) is 1.35. The summed E-state index contributed by atoms with van der Waals surface area (Å²) in [4.78, 5) is 6.72. The number of rotatable bonds is 7. The van der Waals surface area contributed by atoms with E-state index in [1.54, 1.807) is 0 Å². The summed E-state index contributed by atoms with van der Waals surface area (Å²) in [6, 6.07) is 4.02. The van der Waals surface area contributed by atoms with Crippen LogP contribution in [0.1, 0.15) is 6.92 Å². The van der Waals surface area contributed by atoms with Gasteiger partial charge in [-0.2, -0.15) is 0 Å². The molecule has 0 amide bonds. The van der Waals surface area contributed by atoms with Crippen molar-refractivity contribution in [2.45, 2.75) is 13.5 Å². The monoisotopic (exact) mass is 341 g/mol. The Morgan fingerprint density at radius 1 is 1.13 bits per heavy atom. The fourth-order valence-electron chi connectivity index (χ4n) is 2.44. The molecule has 0 atom stereocenters. The number of aromatic nitrogens is 1. The Bertz CT molecular complexity index is 569. The number of hydrogen-bond acceptors (Lipinski definition) is 4. The van der Waals surface area contributed by atoms with Crippen molar-refractivity contribution in [3.05, 3.63) is 24.5 Å². The second kappa shape index (κ2) is 8.93. The van der Waals surface area contributed by atoms with E-state index in [4.69, 9.17) is 0 Å². The first kappa shape index (κ1) is 17.8. The van der Waals surface area contributed by atoms with Crippen LogP contribution >= 0.6 is 0 Å². The van der Waals surface area contributed by atoms with E-state index in [9.17, 15) is 8.42 Å². The van der Waals surface area contributed by atoms with Crippen LogP contribution in [0.4, 0.5) is 0 Å². The van der Waals surface area contributed by atoms with Gasteiger partial charge in [-0.1, -0.05) is 0 Å². The number of nitrogens with one attached hydrogen (secondary N) is 2. The molecule has 0 aliphatic carbocycles. The van der Waals surface area contributed by atoms with Crippen LogP contribution in [-0.2, 0) is 16.4 Å². The van der Waals surface area contributed by atoms with Crippen LogP contribution in [0.15, 0.2) is 29.5 Å². The average Bonchev–Trinajstić information content (AvgIpc) is 3.02. The van der Waals surface area contributed by atoms with E-state index < -0.39 is 9.84 Å². The van der Waals surface area contributed by atoms with Gasteiger partial charge in [0, 0.05) is 51.7 Å². The van der Waals surface area contributed by atoms with E-state index in [2.05, 4.69) is 25.1 Å². The molecule has 130 valence electrons. The Morgan fingerprint density at radius 3 is 2.48 bits per heavy atom. The van der Waals surface area contributed by atoms with Crippen molar-refractivity contribution in [3.63, 3.8) is 0 Å². The lowest BCUT2D eigenvalue weighted by molar-refractivity contribution is 0.304. The quantitative estimate of drug-likeness (QED) is 0.529. The Kier molecular flexibility index (Phi) is 6.91. The van der Waals surface area contributed by atoms with Crippen LogP contribution in [0.25, 0.3) is 0 Å². The third kappa shape index (κ3) is 6.62. The van der Waals surface area contributed by atoms with Gasteiger partial charge in [0.1, 0.15) is 0 Å². The highest BCUT2D eigenvalue weighted by molar-refractivity contribution is 7.91. The molecule has 1 aliphatic rings. The van der Waals surface area contributed by atoms with E-state index in [-0.39, 0.29) is 11.5 Å². The number of guanidine groups is 1. The molecule has 0 unspecified atom stereocenters. The standard InChI is InChI=1S/C15H27N5O2S/c1-2-16-15(17-5-9-19-7-3-4-8-19)18-6-10-20-11-13-23(21,22)14-12-20/h3-4,7-8H,2,5-6,9-14H2,1H3,(H2,16,17,18). The fourth-order valence-corrected chi connectivity index (χ4v) is 3.72. The van der Waals surface area contributed by atoms with Crippen molar-refractivity contribution in [2.75, 3.05) is 50.8 Å². The number of hydrogen-bond donors (Lipinski definition) is 2. The van der Waals surface area contributed by atoms with Gasteiger partial charge >= 0.3 is 0 Å². The summed E-state index contributed by atoms with van der Waals surface area (Å²) < 4.78 is 24.9. The summed E-state index contributed by atoms with van der Waals surface area (Å²) in [6.45, 7) is 7.26. The number of nitrogens with zero attached hydrogens (tertiary/aromatic N) is 3. The smallest absolute Gasteiger partial charge is 0.191 e. The summed E-state index contributed by atoms with van der Waals surface area (Å²) in [6.07, 6.45) is 4.08. The van der Waals surface area contributed by atoms with Crippen molar-refractivity contribution in [1.82, 2.24) is 20.1 Å². The van der Waals surface area contributed by atoms with Gasteiger partial charge in [-0.25, -0.2) is 8.42 Å². The maximum atomic E-state index is 11.4. The van der Waals surface area contributed by atoms with Crippen molar-refractivity contribution >= 4 is 15.8 Å². The van der Waals surface area contributed by atoms with Crippen molar-refractivity contribution in [2.24, 2.45) is 4.99 Å². The molecule has 2 rings (SSSR count). The van der Waals surface area contributed by atoms with Gasteiger partial charge in [0.2, 0.25) is 0 Å². The molecule has 0 saturated carbocycles. The molecule has 1 saturated heterocycles. The minimum atomic E-state index is -2.80. The van der Waals surface area contributed by atoms with Crippen molar-refractivity contribution in [3.8, 4) is 0 Å². The predicted octanol–water partition coefficient (Wildman–Crippen LogP) is -0.226. The van der Waals surface area contributed by atoms with Gasteiger partial charge in [-0.05, 0) is 19.1 Å². The Labute approximate surface area is 138 Å². The van der Waals surface area contributed by atoms with Gasteiger partial charge in [0.05, 0.1) is 18.1 Å². The molecule has 7 nitrogen and oxygen atoms in total. The van der Waals surface area contributed by atoms with Crippen LogP contribution in [0.5, 0.6) is 0 Å². The molecule has 1 fully saturated rings. The highest BCUT2D eigenvalue weighted by Gasteiger charge is 2.20. The zero-order chi connectivity index (χ0) is 16.5. The largest absolute Gasteiger partial charge is 0.357 e. The molecule has 0 bridgehead atoms. The zero-order valence-corrected chi connectivity index (χ0v) is 14.6. The molecule has 8 heteroatoms. The SMILES string of the molecule is CCNC(=NCCN1CCS(=O)(=O)CC1)NCCn1cccc1. The minimum Gasteiger partial charge on any atom is -0.357 e. The molecule has 0 radical (unpaired) electrons. The molecule has 1 aromatic rings. The Hall–Kier alpha value is -1.54. The van der Waals surface area contributed by atoms with Crippen LogP contribution in [0.3, 0.4) is 0 Å². The summed E-state index contributed by atoms with van der Waals surface area (Å²) >= 11 is 0. The molecule has 0 spiro atoms. The van der Waals surface area contributed by atoms with E-state index in [1.807, 2.05) is 31.5 Å². The molecule has 2 heterocycles. The first-order chi connectivity index (χ1) is 11.1. The average molecular weight is 341 g/mol. The lowest BCUT2D eigenvalue weighted by Crippen LogP contribution is -2.42. The van der Waals surface area contributed by atoms with E-state index in [0.29, 0.717) is 19.6 Å². The van der Waals surface area contributed by atoms with Crippen LogP contribution < -0.4 is 10.6 Å². The lowest BCUT2D eigenvalue weighted by atomic mass is 10.4. The summed E-state index contributed by atoms with van der Waals surface area (Å²) in [5, 5.41) is 6.54. The summed E-state index contributed by atoms with van der Waals surface area (Å²) in [5.41, 5.74) is 0. The van der Waals surface area contributed by atoms with Gasteiger partial charge < -0.3 is 15.2 Å². The zero-order valence-electron chi connectivity index (χ0n) is 13.7. The maximum Gasteiger partial charge on any atom is 0.191 e. The van der Waals surface area contributed by atoms with Crippen LogP contribution in [0.2, 0.25) is 0 Å². The maximum absolute atomic E-state index is 11.4. The topological polar surface area (TPSA) is 78.7 Å². The van der Waals surface area contributed by atoms with E-state index in [0.717, 1.165) is 32.1 Å². The first-order valence-electron chi connectivity index (χ1n) is 8.15. The lowest BCUT2D eigenvalue weighted by Gasteiger charge is -2.25. The second-order valence-electron chi connectivity index (χ2n) is 5.60. The second-order valence-corrected chi connectivity index (χ2v) is 7.91. The van der Waals surface area contributed by atoms with Gasteiger partial charge in [0.25, 0.3) is 0 Å². The third-order valence-corrected chi connectivity index (χ3v) is 5.41. The molecule has 1 aromatic heterocycles. The van der Waals surface area contributed by atoms with Crippen molar-refractivity contribution in [1.29, 1.82) is 0 Å². The fraction of sp³-hybridized carbons (Fsp3) is 0.667. The molecular formula is C15H27N5O2S.